The summed E-state index contributed by atoms with van der Waals surface area (Å²) in [4.78, 5) is 2.18. The Morgan fingerprint density at radius 3 is 2.63 bits per heavy atom. The van der Waals surface area contributed by atoms with E-state index in [4.69, 9.17) is 4.74 Å². The summed E-state index contributed by atoms with van der Waals surface area (Å²) in [5.74, 6) is 0.335. The van der Waals surface area contributed by atoms with Crippen molar-refractivity contribution >= 4 is 5.69 Å². The molecule has 4 heteroatoms. The lowest BCUT2D eigenvalue weighted by molar-refractivity contribution is 0.204. The molecule has 0 saturated carbocycles. The first-order chi connectivity index (χ1) is 9.06. The van der Waals surface area contributed by atoms with Crippen LogP contribution >= 0.6 is 0 Å². The van der Waals surface area contributed by atoms with Crippen LogP contribution in [0.25, 0.3) is 0 Å². The zero-order valence-corrected chi connectivity index (χ0v) is 12.4. The zero-order valence-electron chi connectivity index (χ0n) is 12.4. The smallest absolute Gasteiger partial charge is 0.125 e. The Hall–Kier alpha value is -1.13. The molecule has 0 amide bonds. The standard InChI is InChI=1S/C15H25FN2O/c1-12(2)11-18(5-6-19-4)15-8-13(10-17-3)7-14(16)9-15/h7-9,12,17H,5-6,10-11H2,1-4H3. The molecular formula is C15H25FN2O. The summed E-state index contributed by atoms with van der Waals surface area (Å²) >= 11 is 0. The highest BCUT2D eigenvalue weighted by Gasteiger charge is 2.10. The van der Waals surface area contributed by atoms with Crippen molar-refractivity contribution in [1.82, 2.24) is 5.32 Å². The van der Waals surface area contributed by atoms with Gasteiger partial charge in [0.15, 0.2) is 0 Å². The molecule has 0 aliphatic heterocycles. The molecule has 0 spiro atoms. The summed E-state index contributed by atoms with van der Waals surface area (Å²) in [7, 11) is 3.55. The van der Waals surface area contributed by atoms with E-state index in [-0.39, 0.29) is 5.82 Å². The van der Waals surface area contributed by atoms with E-state index in [1.807, 2.05) is 13.1 Å². The van der Waals surface area contributed by atoms with E-state index in [2.05, 4.69) is 24.1 Å². The second kappa shape index (κ2) is 8.12. The van der Waals surface area contributed by atoms with E-state index in [1.165, 1.54) is 0 Å². The number of benzene rings is 1. The Morgan fingerprint density at radius 1 is 1.32 bits per heavy atom. The maximum absolute atomic E-state index is 13.7. The van der Waals surface area contributed by atoms with Crippen molar-refractivity contribution in [2.45, 2.75) is 20.4 Å². The van der Waals surface area contributed by atoms with Crippen LogP contribution in [0, 0.1) is 11.7 Å². The van der Waals surface area contributed by atoms with E-state index < -0.39 is 0 Å². The lowest BCUT2D eigenvalue weighted by Crippen LogP contribution is -2.31. The monoisotopic (exact) mass is 268 g/mol. The first-order valence-corrected chi connectivity index (χ1v) is 6.74. The van der Waals surface area contributed by atoms with Gasteiger partial charge in [-0.1, -0.05) is 13.8 Å². The molecule has 0 radical (unpaired) electrons. The van der Waals surface area contributed by atoms with Gasteiger partial charge in [0.05, 0.1) is 6.61 Å². The molecule has 1 N–H and O–H groups in total. The van der Waals surface area contributed by atoms with Crippen LogP contribution in [0.4, 0.5) is 10.1 Å². The van der Waals surface area contributed by atoms with Crippen LogP contribution in [-0.2, 0) is 11.3 Å². The molecule has 0 unspecified atom stereocenters. The van der Waals surface area contributed by atoms with Gasteiger partial charge >= 0.3 is 0 Å². The minimum Gasteiger partial charge on any atom is -0.383 e. The molecule has 108 valence electrons. The van der Waals surface area contributed by atoms with Crippen LogP contribution in [-0.4, -0.2) is 33.9 Å². The summed E-state index contributed by atoms with van der Waals surface area (Å²) in [6.07, 6.45) is 0. The zero-order chi connectivity index (χ0) is 14.3. The van der Waals surface area contributed by atoms with E-state index in [9.17, 15) is 4.39 Å². The Morgan fingerprint density at radius 2 is 2.05 bits per heavy atom. The molecule has 19 heavy (non-hydrogen) atoms. The maximum atomic E-state index is 13.7. The van der Waals surface area contributed by atoms with E-state index in [0.29, 0.717) is 19.1 Å². The van der Waals surface area contributed by atoms with Gasteiger partial charge in [0.25, 0.3) is 0 Å². The second-order valence-corrected chi connectivity index (χ2v) is 5.18. The number of hydrogen-bond acceptors (Lipinski definition) is 3. The summed E-state index contributed by atoms with van der Waals surface area (Å²) in [5, 5.41) is 3.05. The van der Waals surface area contributed by atoms with Crippen molar-refractivity contribution in [3.8, 4) is 0 Å². The van der Waals surface area contributed by atoms with Gasteiger partial charge in [0.2, 0.25) is 0 Å². The van der Waals surface area contributed by atoms with Crippen molar-refractivity contribution in [3.63, 3.8) is 0 Å². The SMILES string of the molecule is CNCc1cc(F)cc(N(CCOC)CC(C)C)c1. The Balaban J connectivity index is 2.92. The summed E-state index contributed by atoms with van der Waals surface area (Å²) < 4.78 is 18.8. The fraction of sp³-hybridized carbons (Fsp3) is 0.600. The second-order valence-electron chi connectivity index (χ2n) is 5.18. The van der Waals surface area contributed by atoms with Crippen LogP contribution in [0.2, 0.25) is 0 Å². The minimum absolute atomic E-state index is 0.186. The van der Waals surface area contributed by atoms with Crippen molar-refractivity contribution in [3.05, 3.63) is 29.6 Å². The molecule has 0 fully saturated rings. The normalized spacial score (nSPS) is 11.1. The molecule has 0 aromatic heterocycles. The predicted octanol–water partition coefficient (Wildman–Crippen LogP) is 2.65. The average molecular weight is 268 g/mol. The van der Waals surface area contributed by atoms with Crippen LogP contribution in [0.15, 0.2) is 18.2 Å². The molecule has 0 bridgehead atoms. The summed E-state index contributed by atoms with van der Waals surface area (Å²) in [6.45, 7) is 7.30. The number of nitrogens with one attached hydrogen (secondary N) is 1. The van der Waals surface area contributed by atoms with Gasteiger partial charge < -0.3 is 15.0 Å². The molecule has 3 nitrogen and oxygen atoms in total. The van der Waals surface area contributed by atoms with E-state index >= 15 is 0 Å². The number of rotatable bonds is 8. The van der Waals surface area contributed by atoms with Gasteiger partial charge in [-0.2, -0.15) is 0 Å². The summed E-state index contributed by atoms with van der Waals surface area (Å²) in [6, 6.07) is 5.21. The van der Waals surface area contributed by atoms with Crippen LogP contribution in [0.5, 0.6) is 0 Å². The third-order valence-electron chi connectivity index (χ3n) is 2.84. The number of hydrogen-bond donors (Lipinski definition) is 1. The van der Waals surface area contributed by atoms with Gasteiger partial charge in [0.1, 0.15) is 5.82 Å². The van der Waals surface area contributed by atoms with Crippen LogP contribution in [0.3, 0.4) is 0 Å². The molecule has 1 aromatic rings. The minimum atomic E-state index is -0.186. The fourth-order valence-corrected chi connectivity index (χ4v) is 2.09. The molecule has 0 atom stereocenters. The number of nitrogens with zero attached hydrogens (tertiary/aromatic N) is 1. The van der Waals surface area contributed by atoms with E-state index in [1.54, 1.807) is 19.2 Å². The first-order valence-electron chi connectivity index (χ1n) is 6.74. The molecule has 1 aromatic carbocycles. The fourth-order valence-electron chi connectivity index (χ4n) is 2.09. The van der Waals surface area contributed by atoms with Crippen LogP contribution in [0.1, 0.15) is 19.4 Å². The third kappa shape index (κ3) is 5.57. The Bertz CT molecular complexity index is 382. The topological polar surface area (TPSA) is 24.5 Å². The maximum Gasteiger partial charge on any atom is 0.125 e. The van der Waals surface area contributed by atoms with E-state index in [0.717, 1.165) is 24.3 Å². The molecule has 0 aliphatic rings. The number of anilines is 1. The molecule has 0 heterocycles. The van der Waals surface area contributed by atoms with Gasteiger partial charge in [-0.25, -0.2) is 4.39 Å². The highest BCUT2D eigenvalue weighted by Crippen LogP contribution is 2.20. The van der Waals surface area contributed by atoms with Crippen molar-refractivity contribution in [1.29, 1.82) is 0 Å². The van der Waals surface area contributed by atoms with Crippen molar-refractivity contribution in [2.75, 3.05) is 38.8 Å². The van der Waals surface area contributed by atoms with Gasteiger partial charge in [-0.15, -0.1) is 0 Å². The Labute approximate surface area is 115 Å². The number of ether oxygens (including phenoxy) is 1. The quantitative estimate of drug-likeness (QED) is 0.784. The van der Waals surface area contributed by atoms with Gasteiger partial charge in [0, 0.05) is 32.4 Å². The molecule has 0 saturated heterocycles. The lowest BCUT2D eigenvalue weighted by atomic mass is 10.1. The first kappa shape index (κ1) is 15.9. The van der Waals surface area contributed by atoms with Gasteiger partial charge in [-0.05, 0) is 36.7 Å². The average Bonchev–Trinajstić information content (AvgIpc) is 2.33. The largest absolute Gasteiger partial charge is 0.383 e. The predicted molar refractivity (Wildman–Crippen MR) is 78.1 cm³/mol. The van der Waals surface area contributed by atoms with Crippen LogP contribution < -0.4 is 10.2 Å². The van der Waals surface area contributed by atoms with Crippen molar-refractivity contribution in [2.24, 2.45) is 5.92 Å². The summed E-state index contributed by atoms with van der Waals surface area (Å²) in [5.41, 5.74) is 1.89. The van der Waals surface area contributed by atoms with Crippen molar-refractivity contribution < 1.29 is 9.13 Å². The highest BCUT2D eigenvalue weighted by molar-refractivity contribution is 5.49. The Kier molecular flexibility index (Phi) is 6.81. The highest BCUT2D eigenvalue weighted by atomic mass is 19.1. The molecule has 1 rings (SSSR count). The number of halogens is 1. The lowest BCUT2D eigenvalue weighted by Gasteiger charge is -2.27. The molecular weight excluding hydrogens is 243 g/mol. The third-order valence-corrected chi connectivity index (χ3v) is 2.84. The number of methoxy groups -OCH3 is 1. The molecule has 0 aliphatic carbocycles. The van der Waals surface area contributed by atoms with Gasteiger partial charge in [-0.3, -0.25) is 0 Å².